The molecule has 0 bridgehead atoms. The third kappa shape index (κ3) is 5.56. The third-order valence-corrected chi connectivity index (χ3v) is 7.98. The molecule has 1 aromatic carbocycles. The Labute approximate surface area is 214 Å². The van der Waals surface area contributed by atoms with E-state index < -0.39 is 36.2 Å². The van der Waals surface area contributed by atoms with Crippen LogP contribution in [0, 0.1) is 11.8 Å². The number of benzene rings is 1. The molecule has 204 valence electrons. The van der Waals surface area contributed by atoms with Crippen LogP contribution in [0.5, 0.6) is 5.75 Å². The van der Waals surface area contributed by atoms with E-state index in [0.717, 1.165) is 0 Å². The number of aliphatic imine (C=N–C) groups is 1. The van der Waals surface area contributed by atoms with Gasteiger partial charge in [0.2, 0.25) is 11.8 Å². The van der Waals surface area contributed by atoms with Gasteiger partial charge in [-0.2, -0.15) is 13.2 Å². The van der Waals surface area contributed by atoms with Crippen molar-refractivity contribution in [2.75, 3.05) is 13.7 Å². The Morgan fingerprint density at radius 2 is 2.00 bits per heavy atom. The number of halogens is 3. The van der Waals surface area contributed by atoms with E-state index in [-0.39, 0.29) is 41.9 Å². The van der Waals surface area contributed by atoms with Crippen molar-refractivity contribution < 1.29 is 32.2 Å². The van der Waals surface area contributed by atoms with Gasteiger partial charge in [-0.15, -0.1) is 0 Å². The highest BCUT2D eigenvalue weighted by Gasteiger charge is 2.53. The number of hydrogen-bond acceptors (Lipinski definition) is 6. The summed E-state index contributed by atoms with van der Waals surface area (Å²) in [6.45, 7) is 4.31. The van der Waals surface area contributed by atoms with Crippen molar-refractivity contribution in [3.8, 4) is 5.75 Å². The molecule has 37 heavy (non-hydrogen) atoms. The molecule has 2 heterocycles. The van der Waals surface area contributed by atoms with Gasteiger partial charge in [0, 0.05) is 37.7 Å². The molecular formula is C26H35F3N4O4. The van der Waals surface area contributed by atoms with Gasteiger partial charge in [0.25, 0.3) is 0 Å². The molecule has 3 N–H and O–H groups in total. The van der Waals surface area contributed by atoms with Gasteiger partial charge in [0.05, 0.1) is 18.0 Å². The molecule has 1 aromatic rings. The number of para-hydroxylation sites is 1. The van der Waals surface area contributed by atoms with E-state index in [0.29, 0.717) is 37.9 Å². The van der Waals surface area contributed by atoms with Crippen molar-refractivity contribution in [2.24, 2.45) is 22.6 Å². The summed E-state index contributed by atoms with van der Waals surface area (Å²) in [6.07, 6.45) is -4.38. The molecule has 0 spiro atoms. The molecule has 0 saturated heterocycles. The van der Waals surface area contributed by atoms with Crippen molar-refractivity contribution in [2.45, 2.75) is 82.3 Å². The Bertz CT molecular complexity index is 1040. The Kier molecular flexibility index (Phi) is 7.73. The van der Waals surface area contributed by atoms with E-state index in [2.05, 4.69) is 10.3 Å². The predicted octanol–water partition coefficient (Wildman–Crippen LogP) is 3.70. The monoisotopic (exact) mass is 524 g/mol. The van der Waals surface area contributed by atoms with Crippen LogP contribution in [0.1, 0.15) is 64.0 Å². The molecule has 1 saturated carbocycles. The van der Waals surface area contributed by atoms with Gasteiger partial charge in [0.15, 0.2) is 12.1 Å². The van der Waals surface area contributed by atoms with Gasteiger partial charge in [-0.05, 0) is 37.7 Å². The standard InChI is InChI=1S/C26H35F3N4O4/c1-4-25(5-2)14-22(34)33(24(30)32-25)19(10-11-36-3)16-12-17(16)23(35)31-18-13-21(26(27,28)29)37-20-9-7-6-8-15(18)20/h6-9,16-19,21H,4-5,10-14H2,1-3H3,(H2,30,32)(H,31,35). The van der Waals surface area contributed by atoms with E-state index in [9.17, 15) is 22.8 Å². The molecule has 3 aliphatic rings. The van der Waals surface area contributed by atoms with Crippen LogP contribution in [0.2, 0.25) is 0 Å². The number of rotatable bonds is 9. The Hall–Kier alpha value is -2.82. The molecular weight excluding hydrogens is 489 g/mol. The molecule has 5 atom stereocenters. The lowest BCUT2D eigenvalue weighted by Gasteiger charge is -2.40. The first-order valence-electron chi connectivity index (χ1n) is 12.8. The summed E-state index contributed by atoms with van der Waals surface area (Å²) in [6, 6.07) is 5.22. The normalized spacial score (nSPS) is 27.6. The Balaban J connectivity index is 1.51. The smallest absolute Gasteiger partial charge is 0.425 e. The van der Waals surface area contributed by atoms with Gasteiger partial charge in [-0.25, -0.2) is 4.99 Å². The van der Waals surface area contributed by atoms with Gasteiger partial charge in [0.1, 0.15) is 5.75 Å². The van der Waals surface area contributed by atoms with E-state index in [1.54, 1.807) is 25.3 Å². The zero-order valence-electron chi connectivity index (χ0n) is 21.4. The van der Waals surface area contributed by atoms with Gasteiger partial charge in [-0.1, -0.05) is 32.0 Å². The quantitative estimate of drug-likeness (QED) is 0.512. The van der Waals surface area contributed by atoms with Crippen LogP contribution < -0.4 is 15.8 Å². The molecule has 1 fully saturated rings. The topological polar surface area (TPSA) is 106 Å². The van der Waals surface area contributed by atoms with Crippen LogP contribution >= 0.6 is 0 Å². The van der Waals surface area contributed by atoms with E-state index in [1.807, 2.05) is 13.8 Å². The number of carbonyl (C=O) groups excluding carboxylic acids is 2. The number of fused-ring (bicyclic) bond motifs is 1. The number of ether oxygens (including phenoxy) is 2. The molecule has 5 unspecified atom stereocenters. The van der Waals surface area contributed by atoms with Crippen LogP contribution in [0.3, 0.4) is 0 Å². The molecule has 0 aromatic heterocycles. The van der Waals surface area contributed by atoms with E-state index in [1.165, 1.54) is 11.0 Å². The minimum absolute atomic E-state index is 0.116. The average Bonchev–Trinajstić information content (AvgIpc) is 3.65. The summed E-state index contributed by atoms with van der Waals surface area (Å²) in [7, 11) is 1.56. The summed E-state index contributed by atoms with van der Waals surface area (Å²) in [4.78, 5) is 32.7. The van der Waals surface area contributed by atoms with Crippen molar-refractivity contribution >= 4 is 17.8 Å². The lowest BCUT2D eigenvalue weighted by Crippen LogP contribution is -2.56. The van der Waals surface area contributed by atoms with E-state index in [4.69, 9.17) is 15.2 Å². The number of carbonyl (C=O) groups is 2. The maximum atomic E-state index is 13.5. The first-order valence-corrected chi connectivity index (χ1v) is 12.8. The Morgan fingerprint density at radius 3 is 2.62 bits per heavy atom. The van der Waals surface area contributed by atoms with Crippen molar-refractivity contribution in [3.05, 3.63) is 29.8 Å². The number of guanidine groups is 1. The summed E-state index contributed by atoms with van der Waals surface area (Å²) in [5.41, 5.74) is 6.31. The van der Waals surface area contributed by atoms with Crippen molar-refractivity contribution in [1.29, 1.82) is 0 Å². The molecule has 4 rings (SSSR count). The second kappa shape index (κ2) is 10.5. The van der Waals surface area contributed by atoms with Gasteiger partial charge >= 0.3 is 6.18 Å². The predicted molar refractivity (Wildman–Crippen MR) is 131 cm³/mol. The third-order valence-electron chi connectivity index (χ3n) is 7.98. The highest BCUT2D eigenvalue weighted by atomic mass is 19.4. The van der Waals surface area contributed by atoms with Crippen LogP contribution in [0.4, 0.5) is 13.2 Å². The molecule has 11 heteroatoms. The van der Waals surface area contributed by atoms with Crippen LogP contribution in [0.25, 0.3) is 0 Å². The fourth-order valence-corrected chi connectivity index (χ4v) is 5.59. The van der Waals surface area contributed by atoms with Crippen molar-refractivity contribution in [3.63, 3.8) is 0 Å². The van der Waals surface area contributed by atoms with Gasteiger partial charge < -0.3 is 20.5 Å². The second-order valence-corrected chi connectivity index (χ2v) is 10.2. The van der Waals surface area contributed by atoms with Crippen LogP contribution in [-0.2, 0) is 14.3 Å². The van der Waals surface area contributed by atoms with Crippen molar-refractivity contribution in [1.82, 2.24) is 10.2 Å². The summed E-state index contributed by atoms with van der Waals surface area (Å²) in [5.74, 6) is -0.854. The van der Waals surface area contributed by atoms with E-state index >= 15 is 0 Å². The van der Waals surface area contributed by atoms with Crippen LogP contribution in [-0.4, -0.2) is 60.3 Å². The number of hydrogen-bond donors (Lipinski definition) is 2. The highest BCUT2D eigenvalue weighted by Crippen LogP contribution is 2.47. The van der Waals surface area contributed by atoms with Crippen LogP contribution in [0.15, 0.2) is 29.3 Å². The number of nitrogens with zero attached hydrogens (tertiary/aromatic N) is 2. The fraction of sp³-hybridized carbons (Fsp3) is 0.654. The number of methoxy groups -OCH3 is 1. The molecule has 1 aliphatic carbocycles. The average molecular weight is 525 g/mol. The first kappa shape index (κ1) is 27.2. The number of nitrogens with two attached hydrogens (primary N) is 1. The second-order valence-electron chi connectivity index (χ2n) is 10.2. The zero-order valence-corrected chi connectivity index (χ0v) is 21.4. The largest absolute Gasteiger partial charge is 0.480 e. The Morgan fingerprint density at radius 1 is 1.30 bits per heavy atom. The zero-order chi connectivity index (χ0) is 27.0. The lowest BCUT2D eigenvalue weighted by molar-refractivity contribution is -0.201. The minimum atomic E-state index is -4.55. The number of alkyl halides is 3. The lowest BCUT2D eigenvalue weighted by atomic mass is 9.87. The highest BCUT2D eigenvalue weighted by molar-refractivity contribution is 5.99. The molecule has 2 aliphatic heterocycles. The summed E-state index contributed by atoms with van der Waals surface area (Å²) < 4.78 is 50.9. The first-order chi connectivity index (χ1) is 17.5. The summed E-state index contributed by atoms with van der Waals surface area (Å²) in [5, 5.41) is 2.82. The SMILES string of the molecule is CCC1(CC)CC(=O)N(C(CCOC)C2CC2C(=O)NC2CC(C(F)(F)F)Oc3ccccc32)C(N)=N1. The molecule has 0 radical (unpaired) electrons. The summed E-state index contributed by atoms with van der Waals surface area (Å²) >= 11 is 0. The molecule has 2 amide bonds. The minimum Gasteiger partial charge on any atom is -0.480 e. The maximum absolute atomic E-state index is 13.5. The maximum Gasteiger partial charge on any atom is 0.425 e. The molecule has 8 nitrogen and oxygen atoms in total. The number of nitrogens with one attached hydrogen (secondary N) is 1. The van der Waals surface area contributed by atoms with Gasteiger partial charge in [-0.3, -0.25) is 14.5 Å². The number of amides is 2. The fourth-order valence-electron chi connectivity index (χ4n) is 5.59.